The molecule has 0 spiro atoms. The van der Waals surface area contributed by atoms with Gasteiger partial charge in [0.2, 0.25) is 0 Å². The first-order valence-electron chi connectivity index (χ1n) is 6.68. The third-order valence-electron chi connectivity index (χ3n) is 4.03. The largest absolute Gasteiger partial charge is 0.358 e. The summed E-state index contributed by atoms with van der Waals surface area (Å²) < 4.78 is 1.95. The molecule has 1 atom stereocenters. The summed E-state index contributed by atoms with van der Waals surface area (Å²) in [4.78, 5) is 4.75. The molecule has 0 saturated carbocycles. The molecular weight excluding hydrogens is 226 g/mol. The molecule has 1 aromatic rings. The lowest BCUT2D eigenvalue weighted by atomic mass is 10.2. The summed E-state index contributed by atoms with van der Waals surface area (Å²) >= 11 is 0. The van der Waals surface area contributed by atoms with Crippen molar-refractivity contribution in [3.05, 3.63) is 11.3 Å². The van der Waals surface area contributed by atoms with Gasteiger partial charge < -0.3 is 15.5 Å². The van der Waals surface area contributed by atoms with Crippen LogP contribution in [0.5, 0.6) is 0 Å². The van der Waals surface area contributed by atoms with Gasteiger partial charge in [0.1, 0.15) is 5.82 Å². The molecular formula is C13H25N5. The third kappa shape index (κ3) is 2.37. The minimum atomic E-state index is 0.555. The first-order valence-corrected chi connectivity index (χ1v) is 6.68. The number of anilines is 1. The van der Waals surface area contributed by atoms with E-state index in [1.165, 1.54) is 24.9 Å². The van der Waals surface area contributed by atoms with Gasteiger partial charge >= 0.3 is 0 Å². The lowest BCUT2D eigenvalue weighted by molar-refractivity contribution is 0.313. The zero-order valence-corrected chi connectivity index (χ0v) is 12.0. The smallest absolute Gasteiger partial charge is 0.131 e. The summed E-state index contributed by atoms with van der Waals surface area (Å²) in [5, 5.41) is 4.48. The lowest BCUT2D eigenvalue weighted by Crippen LogP contribution is -2.37. The molecule has 2 heterocycles. The molecule has 5 nitrogen and oxygen atoms in total. The van der Waals surface area contributed by atoms with Crippen LogP contribution in [0.3, 0.4) is 0 Å². The topological polar surface area (TPSA) is 50.3 Å². The van der Waals surface area contributed by atoms with Gasteiger partial charge in [-0.2, -0.15) is 5.10 Å². The van der Waals surface area contributed by atoms with Crippen molar-refractivity contribution >= 4 is 5.82 Å². The van der Waals surface area contributed by atoms with Gasteiger partial charge in [-0.25, -0.2) is 0 Å². The zero-order chi connectivity index (χ0) is 13.3. The van der Waals surface area contributed by atoms with Gasteiger partial charge in [-0.05, 0) is 33.4 Å². The highest BCUT2D eigenvalue weighted by Crippen LogP contribution is 2.24. The Labute approximate surface area is 110 Å². The fraction of sp³-hybridized carbons (Fsp3) is 0.769. The first kappa shape index (κ1) is 13.4. The van der Waals surface area contributed by atoms with Gasteiger partial charge in [0, 0.05) is 38.8 Å². The molecule has 2 rings (SSSR count). The Kier molecular flexibility index (Phi) is 3.92. The molecule has 1 aliphatic heterocycles. The summed E-state index contributed by atoms with van der Waals surface area (Å²) in [6.45, 7) is 4.84. The maximum Gasteiger partial charge on any atom is 0.131 e. The van der Waals surface area contributed by atoms with Crippen molar-refractivity contribution in [2.75, 3.05) is 32.1 Å². The summed E-state index contributed by atoms with van der Waals surface area (Å²) in [5.41, 5.74) is 8.06. The van der Waals surface area contributed by atoms with Crippen LogP contribution in [0.25, 0.3) is 0 Å². The van der Waals surface area contributed by atoms with Crippen LogP contribution in [0.4, 0.5) is 5.82 Å². The van der Waals surface area contributed by atoms with Crippen LogP contribution < -0.4 is 10.6 Å². The Morgan fingerprint density at radius 1 is 1.44 bits per heavy atom. The molecule has 18 heavy (non-hydrogen) atoms. The third-order valence-corrected chi connectivity index (χ3v) is 4.03. The van der Waals surface area contributed by atoms with Crippen molar-refractivity contribution in [2.24, 2.45) is 12.8 Å². The van der Waals surface area contributed by atoms with Gasteiger partial charge in [0.05, 0.1) is 5.69 Å². The number of hydrogen-bond donors (Lipinski definition) is 1. The monoisotopic (exact) mass is 251 g/mol. The average Bonchev–Trinajstić information content (AvgIpc) is 2.82. The lowest BCUT2D eigenvalue weighted by Gasteiger charge is -2.27. The summed E-state index contributed by atoms with van der Waals surface area (Å²) in [5.74, 6) is 1.16. The maximum atomic E-state index is 5.85. The van der Waals surface area contributed by atoms with Gasteiger partial charge in [0.25, 0.3) is 0 Å². The molecule has 102 valence electrons. The van der Waals surface area contributed by atoms with Crippen LogP contribution in [0.1, 0.15) is 24.1 Å². The molecule has 0 aliphatic carbocycles. The van der Waals surface area contributed by atoms with E-state index >= 15 is 0 Å². The number of nitrogens with zero attached hydrogens (tertiary/aromatic N) is 4. The fourth-order valence-electron chi connectivity index (χ4n) is 3.02. The Balaban J connectivity index is 2.15. The second kappa shape index (κ2) is 5.28. The normalized spacial score (nSPS) is 20.6. The van der Waals surface area contributed by atoms with Gasteiger partial charge in [-0.15, -0.1) is 0 Å². The zero-order valence-electron chi connectivity index (χ0n) is 12.0. The van der Waals surface area contributed by atoms with E-state index in [2.05, 4.69) is 29.0 Å². The maximum absolute atomic E-state index is 5.85. The number of likely N-dealkylation sites (N-methyl/N-ethyl adjacent to an activating group) is 2. The number of hydrogen-bond acceptors (Lipinski definition) is 4. The molecule has 1 aliphatic rings. The molecule has 0 aromatic carbocycles. The van der Waals surface area contributed by atoms with Crippen molar-refractivity contribution < 1.29 is 0 Å². The van der Waals surface area contributed by atoms with Gasteiger partial charge in [-0.1, -0.05) is 0 Å². The highest BCUT2D eigenvalue weighted by Gasteiger charge is 2.24. The minimum absolute atomic E-state index is 0.555. The number of nitrogens with two attached hydrogens (primary N) is 1. The molecule has 5 heteroatoms. The Morgan fingerprint density at radius 3 is 2.72 bits per heavy atom. The van der Waals surface area contributed by atoms with E-state index in [0.717, 1.165) is 18.1 Å². The molecule has 0 bridgehead atoms. The van der Waals surface area contributed by atoms with E-state index in [4.69, 9.17) is 5.73 Å². The van der Waals surface area contributed by atoms with Crippen LogP contribution in [-0.2, 0) is 13.6 Å². The predicted molar refractivity (Wildman–Crippen MR) is 74.8 cm³/mol. The van der Waals surface area contributed by atoms with Crippen molar-refractivity contribution in [3.8, 4) is 0 Å². The van der Waals surface area contributed by atoms with E-state index in [0.29, 0.717) is 12.6 Å². The number of aryl methyl sites for hydroxylation is 2. The molecule has 2 N–H and O–H groups in total. The molecule has 1 saturated heterocycles. The Morgan fingerprint density at radius 2 is 2.17 bits per heavy atom. The first-order chi connectivity index (χ1) is 8.54. The molecule has 1 unspecified atom stereocenters. The summed E-state index contributed by atoms with van der Waals surface area (Å²) in [7, 11) is 6.35. The summed E-state index contributed by atoms with van der Waals surface area (Å²) in [6, 6.07) is 0.649. The van der Waals surface area contributed by atoms with Crippen LogP contribution in [0, 0.1) is 6.92 Å². The van der Waals surface area contributed by atoms with E-state index in [-0.39, 0.29) is 0 Å². The van der Waals surface area contributed by atoms with E-state index in [9.17, 15) is 0 Å². The molecule has 0 radical (unpaired) electrons. The summed E-state index contributed by atoms with van der Waals surface area (Å²) in [6.07, 6.45) is 2.60. The fourth-order valence-corrected chi connectivity index (χ4v) is 3.02. The van der Waals surface area contributed by atoms with Crippen molar-refractivity contribution in [3.63, 3.8) is 0 Å². The van der Waals surface area contributed by atoms with Gasteiger partial charge in [0.15, 0.2) is 0 Å². The second-order valence-electron chi connectivity index (χ2n) is 5.37. The van der Waals surface area contributed by atoms with Crippen LogP contribution >= 0.6 is 0 Å². The quantitative estimate of drug-likeness (QED) is 0.856. The average molecular weight is 251 g/mol. The highest BCUT2D eigenvalue weighted by molar-refractivity contribution is 5.49. The molecule has 1 aromatic heterocycles. The standard InChI is InChI=1S/C13H25N5/c1-10-12(8-14)13(18(4)15-10)17(3)9-11-6-5-7-16(11)2/h11H,5-9,14H2,1-4H3. The second-order valence-corrected chi connectivity index (χ2v) is 5.37. The van der Waals surface area contributed by atoms with Gasteiger partial charge in [-0.3, -0.25) is 4.68 Å². The van der Waals surface area contributed by atoms with E-state index in [1.54, 1.807) is 0 Å². The SMILES string of the molecule is Cc1nn(C)c(N(C)CC2CCCN2C)c1CN. The van der Waals surface area contributed by atoms with E-state index < -0.39 is 0 Å². The van der Waals surface area contributed by atoms with Crippen LogP contribution in [0.15, 0.2) is 0 Å². The Bertz CT molecular complexity index is 412. The number of likely N-dealkylation sites (tertiary alicyclic amines) is 1. The minimum Gasteiger partial charge on any atom is -0.358 e. The predicted octanol–water partition coefficient (Wildman–Crippen LogP) is 0.718. The number of rotatable bonds is 4. The van der Waals surface area contributed by atoms with Crippen molar-refractivity contribution in [1.82, 2.24) is 14.7 Å². The van der Waals surface area contributed by atoms with Crippen LogP contribution in [0.2, 0.25) is 0 Å². The van der Waals surface area contributed by atoms with Crippen LogP contribution in [-0.4, -0.2) is 47.9 Å². The molecule has 0 amide bonds. The Hall–Kier alpha value is -1.07. The van der Waals surface area contributed by atoms with Crippen molar-refractivity contribution in [2.45, 2.75) is 32.4 Å². The molecule has 1 fully saturated rings. The van der Waals surface area contributed by atoms with Crippen molar-refractivity contribution in [1.29, 1.82) is 0 Å². The highest BCUT2D eigenvalue weighted by atomic mass is 15.4. The number of aromatic nitrogens is 2. The van der Waals surface area contributed by atoms with E-state index in [1.807, 2.05) is 18.7 Å².